The summed E-state index contributed by atoms with van der Waals surface area (Å²) < 4.78 is 5.66. The van der Waals surface area contributed by atoms with Crippen LogP contribution in [0.5, 0.6) is 5.75 Å². The molecule has 0 aliphatic heterocycles. The number of fused-ring (bicyclic) bond motifs is 1. The largest absolute Gasteiger partial charge is 0.492 e. The third kappa shape index (κ3) is 2.80. The van der Waals surface area contributed by atoms with E-state index < -0.39 is 0 Å². The topological polar surface area (TPSA) is 34.2 Å². The summed E-state index contributed by atoms with van der Waals surface area (Å²) in [5.74, 6) is 2.27. The number of ether oxygens (including phenoxy) is 1. The number of pyridine rings is 1. The zero-order valence-corrected chi connectivity index (χ0v) is 12.2. The maximum absolute atomic E-state index is 5.66. The van der Waals surface area contributed by atoms with Crippen LogP contribution >= 0.6 is 0 Å². The molecule has 0 saturated carbocycles. The molecule has 102 valence electrons. The Balaban J connectivity index is 2.62. The quantitative estimate of drug-likeness (QED) is 0.873. The van der Waals surface area contributed by atoms with Crippen molar-refractivity contribution in [3.63, 3.8) is 0 Å². The number of benzene rings is 1. The van der Waals surface area contributed by atoms with Gasteiger partial charge in [0.2, 0.25) is 0 Å². The maximum atomic E-state index is 5.66. The Morgan fingerprint density at radius 3 is 2.68 bits per heavy atom. The van der Waals surface area contributed by atoms with Crippen molar-refractivity contribution in [2.45, 2.75) is 33.6 Å². The fourth-order valence-corrected chi connectivity index (χ4v) is 2.21. The molecule has 2 aromatic rings. The van der Waals surface area contributed by atoms with Gasteiger partial charge >= 0.3 is 0 Å². The number of aromatic nitrogens is 1. The van der Waals surface area contributed by atoms with Gasteiger partial charge in [0.1, 0.15) is 17.1 Å². The average Bonchev–Trinajstić information content (AvgIpc) is 2.39. The molecule has 0 aliphatic rings. The number of hydrogen-bond donors (Lipinski definition) is 1. The van der Waals surface area contributed by atoms with Gasteiger partial charge in [-0.25, -0.2) is 4.98 Å². The normalized spacial score (nSPS) is 11.0. The van der Waals surface area contributed by atoms with Gasteiger partial charge in [-0.3, -0.25) is 0 Å². The van der Waals surface area contributed by atoms with Gasteiger partial charge in [0.15, 0.2) is 0 Å². The summed E-state index contributed by atoms with van der Waals surface area (Å²) in [5, 5.41) is 4.49. The highest BCUT2D eigenvalue weighted by atomic mass is 16.5. The number of nitrogens with zero attached hydrogens (tertiary/aromatic N) is 1. The number of nitrogens with one attached hydrogen (secondary N) is 1. The van der Waals surface area contributed by atoms with Crippen LogP contribution in [0.2, 0.25) is 0 Å². The van der Waals surface area contributed by atoms with E-state index in [-0.39, 0.29) is 0 Å². The SMILES string of the molecule is CCNc1nc2c(OCC)cccc2cc1C(C)C. The second-order valence-electron chi connectivity index (χ2n) is 4.87. The fourth-order valence-electron chi connectivity index (χ4n) is 2.21. The summed E-state index contributed by atoms with van der Waals surface area (Å²) >= 11 is 0. The molecule has 0 amide bonds. The van der Waals surface area contributed by atoms with Gasteiger partial charge in [0, 0.05) is 11.9 Å². The van der Waals surface area contributed by atoms with Gasteiger partial charge in [0.25, 0.3) is 0 Å². The minimum absolute atomic E-state index is 0.446. The Kier molecular flexibility index (Phi) is 4.25. The highest BCUT2D eigenvalue weighted by molar-refractivity contribution is 5.87. The molecule has 19 heavy (non-hydrogen) atoms. The van der Waals surface area contributed by atoms with Gasteiger partial charge in [-0.15, -0.1) is 0 Å². The molecule has 0 bridgehead atoms. The average molecular weight is 258 g/mol. The maximum Gasteiger partial charge on any atom is 0.145 e. The lowest BCUT2D eigenvalue weighted by atomic mass is 10.0. The van der Waals surface area contributed by atoms with Crippen LogP contribution in [0.1, 0.15) is 39.2 Å². The third-order valence-corrected chi connectivity index (χ3v) is 3.10. The minimum Gasteiger partial charge on any atom is -0.492 e. The van der Waals surface area contributed by atoms with Crippen molar-refractivity contribution in [1.82, 2.24) is 4.98 Å². The summed E-state index contributed by atoms with van der Waals surface area (Å²) in [5.41, 5.74) is 2.19. The molecular weight excluding hydrogens is 236 g/mol. The summed E-state index contributed by atoms with van der Waals surface area (Å²) in [6.45, 7) is 9.99. The van der Waals surface area contributed by atoms with Gasteiger partial charge in [0.05, 0.1) is 6.61 Å². The van der Waals surface area contributed by atoms with Gasteiger partial charge in [-0.1, -0.05) is 26.0 Å². The standard InChI is InChI=1S/C16H22N2O/c1-5-17-16-13(11(3)4)10-12-8-7-9-14(19-6-2)15(12)18-16/h7-11H,5-6H2,1-4H3,(H,17,18). The molecule has 3 nitrogen and oxygen atoms in total. The second kappa shape index (κ2) is 5.91. The van der Waals surface area contributed by atoms with Crippen molar-refractivity contribution in [1.29, 1.82) is 0 Å². The van der Waals surface area contributed by atoms with Crippen LogP contribution in [0, 0.1) is 0 Å². The molecule has 0 unspecified atom stereocenters. The number of hydrogen-bond acceptors (Lipinski definition) is 3. The molecule has 2 rings (SSSR count). The van der Waals surface area contributed by atoms with Crippen molar-refractivity contribution in [2.75, 3.05) is 18.5 Å². The highest BCUT2D eigenvalue weighted by Gasteiger charge is 2.12. The molecule has 0 fully saturated rings. The summed E-state index contributed by atoms with van der Waals surface area (Å²) in [6, 6.07) is 8.30. The molecule has 3 heteroatoms. The van der Waals surface area contributed by atoms with Gasteiger partial charge < -0.3 is 10.1 Å². The Labute approximate surface area is 115 Å². The third-order valence-electron chi connectivity index (χ3n) is 3.10. The van der Waals surface area contributed by atoms with Crippen molar-refractivity contribution >= 4 is 16.7 Å². The Bertz CT molecular complexity index is 564. The summed E-state index contributed by atoms with van der Waals surface area (Å²) in [7, 11) is 0. The first kappa shape index (κ1) is 13.7. The van der Waals surface area contributed by atoms with Crippen LogP contribution in [-0.2, 0) is 0 Å². The smallest absolute Gasteiger partial charge is 0.145 e. The Hall–Kier alpha value is -1.77. The molecule has 1 aromatic carbocycles. The molecule has 1 aromatic heterocycles. The molecular formula is C16H22N2O. The van der Waals surface area contributed by atoms with Crippen LogP contribution in [0.15, 0.2) is 24.3 Å². The molecule has 0 saturated heterocycles. The predicted octanol–water partition coefficient (Wildman–Crippen LogP) is 4.19. The zero-order chi connectivity index (χ0) is 13.8. The van der Waals surface area contributed by atoms with E-state index in [0.29, 0.717) is 12.5 Å². The molecule has 0 spiro atoms. The first-order chi connectivity index (χ1) is 9.17. The van der Waals surface area contributed by atoms with Crippen LogP contribution < -0.4 is 10.1 Å². The summed E-state index contributed by atoms with van der Waals surface area (Å²) in [4.78, 5) is 4.77. The van der Waals surface area contributed by atoms with E-state index >= 15 is 0 Å². The van der Waals surface area contributed by atoms with Gasteiger partial charge in [-0.2, -0.15) is 0 Å². The lowest BCUT2D eigenvalue weighted by Gasteiger charge is -2.15. The van der Waals surface area contributed by atoms with E-state index in [1.165, 1.54) is 5.56 Å². The predicted molar refractivity (Wildman–Crippen MR) is 81.2 cm³/mol. The first-order valence-corrected chi connectivity index (χ1v) is 6.97. The number of para-hydroxylation sites is 1. The van der Waals surface area contributed by atoms with E-state index in [4.69, 9.17) is 9.72 Å². The van der Waals surface area contributed by atoms with E-state index in [9.17, 15) is 0 Å². The fraction of sp³-hybridized carbons (Fsp3) is 0.438. The molecule has 0 atom stereocenters. The molecule has 1 heterocycles. The monoisotopic (exact) mass is 258 g/mol. The van der Waals surface area contributed by atoms with E-state index in [1.807, 2.05) is 19.1 Å². The Morgan fingerprint density at radius 1 is 1.26 bits per heavy atom. The summed E-state index contributed by atoms with van der Waals surface area (Å²) in [6.07, 6.45) is 0. The zero-order valence-electron chi connectivity index (χ0n) is 12.2. The molecule has 0 aliphatic carbocycles. The van der Waals surface area contributed by atoms with Crippen molar-refractivity contribution in [2.24, 2.45) is 0 Å². The number of anilines is 1. The molecule has 0 radical (unpaired) electrons. The van der Waals surface area contributed by atoms with Gasteiger partial charge in [-0.05, 0) is 37.5 Å². The van der Waals surface area contributed by atoms with Crippen molar-refractivity contribution < 1.29 is 4.74 Å². The highest BCUT2D eigenvalue weighted by Crippen LogP contribution is 2.31. The van der Waals surface area contributed by atoms with E-state index in [0.717, 1.165) is 29.0 Å². The van der Waals surface area contributed by atoms with E-state index in [1.54, 1.807) is 0 Å². The second-order valence-corrected chi connectivity index (χ2v) is 4.87. The van der Waals surface area contributed by atoms with Crippen LogP contribution in [0.25, 0.3) is 10.9 Å². The Morgan fingerprint density at radius 2 is 2.05 bits per heavy atom. The number of rotatable bonds is 5. The van der Waals surface area contributed by atoms with E-state index in [2.05, 4.69) is 38.2 Å². The van der Waals surface area contributed by atoms with Crippen LogP contribution in [-0.4, -0.2) is 18.1 Å². The first-order valence-electron chi connectivity index (χ1n) is 6.97. The van der Waals surface area contributed by atoms with Crippen molar-refractivity contribution in [3.8, 4) is 5.75 Å². The molecule has 1 N–H and O–H groups in total. The minimum atomic E-state index is 0.446. The van der Waals surface area contributed by atoms with Crippen LogP contribution in [0.4, 0.5) is 5.82 Å². The lowest BCUT2D eigenvalue weighted by Crippen LogP contribution is -2.05. The van der Waals surface area contributed by atoms with Crippen LogP contribution in [0.3, 0.4) is 0 Å². The lowest BCUT2D eigenvalue weighted by molar-refractivity contribution is 0.343. The van der Waals surface area contributed by atoms with Crippen molar-refractivity contribution in [3.05, 3.63) is 29.8 Å².